The Kier molecular flexibility index (Phi) is 3.97. The zero-order valence-corrected chi connectivity index (χ0v) is 13.7. The van der Waals surface area contributed by atoms with E-state index in [2.05, 4.69) is 62.3 Å². The molecule has 0 N–H and O–H groups in total. The van der Waals surface area contributed by atoms with Crippen molar-refractivity contribution >= 4 is 11.0 Å². The van der Waals surface area contributed by atoms with Crippen molar-refractivity contribution in [3.8, 4) is 0 Å². The number of aromatic nitrogens is 3. The molecule has 0 atom stereocenters. The molecule has 3 aromatic rings. The van der Waals surface area contributed by atoms with Crippen molar-refractivity contribution in [3.63, 3.8) is 0 Å². The van der Waals surface area contributed by atoms with Gasteiger partial charge in [0.1, 0.15) is 5.52 Å². The van der Waals surface area contributed by atoms with Gasteiger partial charge in [-0.05, 0) is 40.7 Å². The summed E-state index contributed by atoms with van der Waals surface area (Å²) >= 11 is 0. The lowest BCUT2D eigenvalue weighted by Crippen LogP contribution is -2.07. The van der Waals surface area contributed by atoms with Gasteiger partial charge in [-0.2, -0.15) is 0 Å². The smallest absolute Gasteiger partial charge is 0.113 e. The van der Waals surface area contributed by atoms with E-state index < -0.39 is 0 Å². The van der Waals surface area contributed by atoms with Gasteiger partial charge in [0.25, 0.3) is 0 Å². The highest BCUT2D eigenvalue weighted by Gasteiger charge is 2.12. The Bertz CT molecular complexity index is 784. The number of nitrogens with zero attached hydrogens (tertiary/aromatic N) is 3. The maximum absolute atomic E-state index is 4.32. The number of hydrogen-bond acceptors (Lipinski definition) is 2. The lowest BCUT2D eigenvalue weighted by atomic mass is 9.91. The van der Waals surface area contributed by atoms with E-state index in [1.807, 2.05) is 22.9 Å². The Morgan fingerprint density at radius 2 is 1.73 bits per heavy atom. The van der Waals surface area contributed by atoms with Crippen molar-refractivity contribution in [2.75, 3.05) is 0 Å². The van der Waals surface area contributed by atoms with E-state index >= 15 is 0 Å². The van der Waals surface area contributed by atoms with Gasteiger partial charge in [-0.3, -0.25) is 0 Å². The van der Waals surface area contributed by atoms with Crippen molar-refractivity contribution in [2.45, 2.75) is 46.1 Å². The van der Waals surface area contributed by atoms with E-state index in [0.717, 1.165) is 17.6 Å². The van der Waals surface area contributed by atoms with E-state index in [0.29, 0.717) is 11.8 Å². The number of fused-ring (bicyclic) bond motifs is 1. The molecule has 2 aromatic carbocycles. The van der Waals surface area contributed by atoms with Gasteiger partial charge < -0.3 is 0 Å². The van der Waals surface area contributed by atoms with Gasteiger partial charge in [-0.1, -0.05) is 63.2 Å². The highest BCUT2D eigenvalue weighted by molar-refractivity contribution is 5.73. The molecule has 0 aliphatic carbocycles. The second-order valence-electron chi connectivity index (χ2n) is 6.50. The Balaban J connectivity index is 2.01. The largest absolute Gasteiger partial charge is 0.240 e. The summed E-state index contributed by atoms with van der Waals surface area (Å²) in [5.74, 6) is 1.06. The molecule has 3 heteroatoms. The van der Waals surface area contributed by atoms with E-state index in [4.69, 9.17) is 0 Å². The van der Waals surface area contributed by atoms with Crippen LogP contribution in [0.5, 0.6) is 0 Å². The van der Waals surface area contributed by atoms with E-state index in [1.165, 1.54) is 16.7 Å². The maximum atomic E-state index is 4.32. The highest BCUT2D eigenvalue weighted by Crippen LogP contribution is 2.26. The number of para-hydroxylation sites is 1. The van der Waals surface area contributed by atoms with Crippen molar-refractivity contribution in [3.05, 3.63) is 59.2 Å². The summed E-state index contributed by atoms with van der Waals surface area (Å²) in [6.07, 6.45) is 0. The average molecular weight is 293 g/mol. The molecule has 1 aromatic heterocycles. The minimum Gasteiger partial charge on any atom is -0.240 e. The lowest BCUT2D eigenvalue weighted by molar-refractivity contribution is 0.659. The monoisotopic (exact) mass is 293 g/mol. The number of benzene rings is 2. The quantitative estimate of drug-likeness (QED) is 0.696. The van der Waals surface area contributed by atoms with E-state index in [9.17, 15) is 0 Å². The van der Waals surface area contributed by atoms with Gasteiger partial charge in [0.2, 0.25) is 0 Å². The van der Waals surface area contributed by atoms with Crippen LogP contribution in [-0.4, -0.2) is 15.0 Å². The molecule has 0 spiro atoms. The van der Waals surface area contributed by atoms with Crippen LogP contribution in [-0.2, 0) is 6.54 Å². The average Bonchev–Trinajstić information content (AvgIpc) is 2.90. The summed E-state index contributed by atoms with van der Waals surface area (Å²) in [7, 11) is 0. The van der Waals surface area contributed by atoms with Gasteiger partial charge in [-0.25, -0.2) is 4.68 Å². The van der Waals surface area contributed by atoms with Crippen LogP contribution in [0.2, 0.25) is 0 Å². The summed E-state index contributed by atoms with van der Waals surface area (Å²) < 4.78 is 1.99. The third-order valence-electron chi connectivity index (χ3n) is 4.20. The van der Waals surface area contributed by atoms with Crippen molar-refractivity contribution in [1.29, 1.82) is 0 Å². The zero-order chi connectivity index (χ0) is 15.7. The summed E-state index contributed by atoms with van der Waals surface area (Å²) in [5.41, 5.74) is 6.18. The van der Waals surface area contributed by atoms with Crippen molar-refractivity contribution in [2.24, 2.45) is 0 Å². The summed E-state index contributed by atoms with van der Waals surface area (Å²) in [6.45, 7) is 9.76. The SMILES string of the molecule is CC(C)c1ccc(Cn2nnc3ccccc32)c(C(C)C)c1. The van der Waals surface area contributed by atoms with Crippen LogP contribution >= 0.6 is 0 Å². The molecule has 0 saturated heterocycles. The molecule has 22 heavy (non-hydrogen) atoms. The van der Waals surface area contributed by atoms with E-state index in [1.54, 1.807) is 0 Å². The Labute approximate surface area is 132 Å². The minimum absolute atomic E-state index is 0.503. The molecule has 0 fully saturated rings. The first-order valence-electron chi connectivity index (χ1n) is 7.97. The topological polar surface area (TPSA) is 30.7 Å². The van der Waals surface area contributed by atoms with Crippen LogP contribution < -0.4 is 0 Å². The van der Waals surface area contributed by atoms with Gasteiger partial charge in [0.05, 0.1) is 12.1 Å². The Morgan fingerprint density at radius 1 is 0.955 bits per heavy atom. The molecular weight excluding hydrogens is 270 g/mol. The molecule has 0 aliphatic heterocycles. The molecule has 3 nitrogen and oxygen atoms in total. The summed E-state index contributed by atoms with van der Waals surface area (Å²) in [6, 6.07) is 15.0. The fraction of sp³-hybridized carbons (Fsp3) is 0.368. The van der Waals surface area contributed by atoms with Crippen molar-refractivity contribution < 1.29 is 0 Å². The fourth-order valence-corrected chi connectivity index (χ4v) is 2.85. The second-order valence-corrected chi connectivity index (χ2v) is 6.50. The van der Waals surface area contributed by atoms with Crippen LogP contribution in [0.15, 0.2) is 42.5 Å². The highest BCUT2D eigenvalue weighted by atomic mass is 15.4. The zero-order valence-electron chi connectivity index (χ0n) is 13.7. The van der Waals surface area contributed by atoms with Gasteiger partial charge in [-0.15, -0.1) is 5.10 Å². The molecule has 0 saturated carbocycles. The first-order chi connectivity index (χ1) is 10.6. The van der Waals surface area contributed by atoms with Crippen LogP contribution in [0.25, 0.3) is 11.0 Å². The van der Waals surface area contributed by atoms with Gasteiger partial charge >= 0.3 is 0 Å². The molecule has 0 aliphatic rings. The molecule has 0 amide bonds. The molecule has 0 unspecified atom stereocenters. The molecule has 3 rings (SSSR count). The Morgan fingerprint density at radius 3 is 2.45 bits per heavy atom. The first-order valence-corrected chi connectivity index (χ1v) is 7.97. The lowest BCUT2D eigenvalue weighted by Gasteiger charge is -2.16. The second kappa shape index (κ2) is 5.91. The molecule has 1 heterocycles. The predicted octanol–water partition coefficient (Wildman–Crippen LogP) is 4.73. The summed E-state index contributed by atoms with van der Waals surface area (Å²) in [5, 5.41) is 8.56. The third-order valence-corrected chi connectivity index (χ3v) is 4.20. The number of hydrogen-bond donors (Lipinski definition) is 0. The normalized spacial score (nSPS) is 11.7. The van der Waals surface area contributed by atoms with Crippen molar-refractivity contribution in [1.82, 2.24) is 15.0 Å². The molecule has 114 valence electrons. The van der Waals surface area contributed by atoms with E-state index in [-0.39, 0.29) is 0 Å². The molecular formula is C19H23N3. The van der Waals surface area contributed by atoms with Gasteiger partial charge in [0.15, 0.2) is 0 Å². The fourth-order valence-electron chi connectivity index (χ4n) is 2.85. The minimum atomic E-state index is 0.503. The number of rotatable bonds is 4. The third kappa shape index (κ3) is 2.76. The molecule has 0 radical (unpaired) electrons. The first kappa shape index (κ1) is 14.8. The summed E-state index contributed by atoms with van der Waals surface area (Å²) in [4.78, 5) is 0. The van der Waals surface area contributed by atoms with Crippen LogP contribution in [0.1, 0.15) is 56.2 Å². The molecule has 0 bridgehead atoms. The maximum Gasteiger partial charge on any atom is 0.113 e. The van der Waals surface area contributed by atoms with Crippen LogP contribution in [0, 0.1) is 0 Å². The predicted molar refractivity (Wildman–Crippen MR) is 91.3 cm³/mol. The standard InChI is InChI=1S/C19H23N3/c1-13(2)15-9-10-16(17(11-15)14(3)4)12-22-19-8-6-5-7-18(19)20-21-22/h5-11,13-14H,12H2,1-4H3. The van der Waals surface area contributed by atoms with Gasteiger partial charge in [0, 0.05) is 0 Å². The van der Waals surface area contributed by atoms with Crippen LogP contribution in [0.4, 0.5) is 0 Å². The Hall–Kier alpha value is -2.16. The van der Waals surface area contributed by atoms with Crippen LogP contribution in [0.3, 0.4) is 0 Å².